The molecule has 1 unspecified atom stereocenters. The molecular weight excluding hydrogens is 435 g/mol. The van der Waals surface area contributed by atoms with Crippen LogP contribution in [0, 0.1) is 12.7 Å². The standard InChI is InChI=1S/C13H13FN2O.C12H22N4O/c1-8-3-2-4-9(14)13(8)11-6-5-10(15)12(7-17)16-11;1-3-16(7-5-10(17)8-13)12-4-6-15-9-11(12)14-2/h2-6,17H,7,15H2,1H3;4,6,9-10,14,17H,3,5,7-8,13H2,1-2H3. The molecule has 1 aromatic carbocycles. The van der Waals surface area contributed by atoms with Crippen molar-refractivity contribution in [3.63, 3.8) is 0 Å². The van der Waals surface area contributed by atoms with E-state index in [0.29, 0.717) is 35.6 Å². The third kappa shape index (κ3) is 7.11. The number of rotatable bonds is 9. The van der Waals surface area contributed by atoms with Crippen molar-refractivity contribution < 1.29 is 14.6 Å². The molecule has 34 heavy (non-hydrogen) atoms. The van der Waals surface area contributed by atoms with Crippen molar-refractivity contribution in [3.05, 3.63) is 65.9 Å². The van der Waals surface area contributed by atoms with Crippen LogP contribution < -0.4 is 21.7 Å². The summed E-state index contributed by atoms with van der Waals surface area (Å²) in [5, 5.41) is 21.7. The molecule has 2 aromatic heterocycles. The lowest BCUT2D eigenvalue weighted by atomic mass is 10.0. The summed E-state index contributed by atoms with van der Waals surface area (Å²) in [6, 6.07) is 10.1. The Hall–Kier alpha value is -3.27. The van der Waals surface area contributed by atoms with E-state index in [9.17, 15) is 9.50 Å². The third-order valence-corrected chi connectivity index (χ3v) is 5.43. The van der Waals surface area contributed by atoms with Gasteiger partial charge in [-0.3, -0.25) is 4.98 Å². The highest BCUT2D eigenvalue weighted by Crippen LogP contribution is 2.26. The van der Waals surface area contributed by atoms with Crippen LogP contribution in [-0.2, 0) is 6.61 Å². The number of aliphatic hydroxyl groups excluding tert-OH is 2. The van der Waals surface area contributed by atoms with Gasteiger partial charge in [0.2, 0.25) is 0 Å². The van der Waals surface area contributed by atoms with Crippen LogP contribution in [0.15, 0.2) is 48.8 Å². The van der Waals surface area contributed by atoms with Crippen molar-refractivity contribution in [3.8, 4) is 11.3 Å². The highest BCUT2D eigenvalue weighted by atomic mass is 19.1. The average molecular weight is 471 g/mol. The molecular formula is C25H35FN6O2. The minimum absolute atomic E-state index is 0.257. The molecule has 0 bridgehead atoms. The van der Waals surface area contributed by atoms with Crippen LogP contribution in [0.1, 0.15) is 24.6 Å². The Morgan fingerprint density at radius 2 is 1.97 bits per heavy atom. The lowest BCUT2D eigenvalue weighted by molar-refractivity contribution is 0.174. The van der Waals surface area contributed by atoms with Gasteiger partial charge in [0, 0.05) is 38.4 Å². The Bertz CT molecular complexity index is 1030. The van der Waals surface area contributed by atoms with Gasteiger partial charge in [-0.05, 0) is 50.1 Å². The number of benzene rings is 1. The highest BCUT2D eigenvalue weighted by Gasteiger charge is 2.12. The summed E-state index contributed by atoms with van der Waals surface area (Å²) >= 11 is 0. The molecule has 0 radical (unpaired) electrons. The van der Waals surface area contributed by atoms with Crippen molar-refractivity contribution in [2.24, 2.45) is 5.73 Å². The summed E-state index contributed by atoms with van der Waals surface area (Å²) in [7, 11) is 1.88. The smallest absolute Gasteiger partial charge is 0.132 e. The van der Waals surface area contributed by atoms with E-state index in [1.807, 2.05) is 26.1 Å². The largest absolute Gasteiger partial charge is 0.397 e. The van der Waals surface area contributed by atoms with E-state index in [4.69, 9.17) is 16.6 Å². The lowest BCUT2D eigenvalue weighted by Gasteiger charge is -2.26. The summed E-state index contributed by atoms with van der Waals surface area (Å²) in [6.07, 6.45) is 3.83. The topological polar surface area (TPSA) is 134 Å². The fourth-order valence-electron chi connectivity index (χ4n) is 3.46. The molecule has 0 saturated heterocycles. The first-order chi connectivity index (χ1) is 16.4. The summed E-state index contributed by atoms with van der Waals surface area (Å²) in [6.45, 7) is 5.63. The maximum absolute atomic E-state index is 13.7. The van der Waals surface area contributed by atoms with E-state index in [0.717, 1.165) is 30.0 Å². The molecule has 184 valence electrons. The van der Waals surface area contributed by atoms with Gasteiger partial charge in [0.1, 0.15) is 5.82 Å². The Morgan fingerprint density at radius 3 is 2.59 bits per heavy atom. The van der Waals surface area contributed by atoms with Crippen LogP contribution in [-0.4, -0.2) is 53.0 Å². The second-order valence-corrected chi connectivity index (χ2v) is 7.72. The quantitative estimate of drug-likeness (QED) is 0.322. The van der Waals surface area contributed by atoms with Crippen molar-refractivity contribution in [1.29, 1.82) is 0 Å². The van der Waals surface area contributed by atoms with Gasteiger partial charge < -0.3 is 31.9 Å². The van der Waals surface area contributed by atoms with Crippen molar-refractivity contribution in [2.45, 2.75) is 33.0 Å². The summed E-state index contributed by atoms with van der Waals surface area (Å²) in [4.78, 5) is 10.5. The molecule has 2 heterocycles. The minimum Gasteiger partial charge on any atom is -0.397 e. The normalized spacial score (nSPS) is 11.4. The number of hydrogen-bond acceptors (Lipinski definition) is 8. The van der Waals surface area contributed by atoms with Crippen molar-refractivity contribution in [1.82, 2.24) is 9.97 Å². The molecule has 8 nitrogen and oxygen atoms in total. The van der Waals surface area contributed by atoms with E-state index in [1.165, 1.54) is 6.07 Å². The first kappa shape index (κ1) is 27.0. The second kappa shape index (κ2) is 13.4. The Balaban J connectivity index is 0.000000240. The van der Waals surface area contributed by atoms with Gasteiger partial charge >= 0.3 is 0 Å². The molecule has 3 rings (SSSR count). The monoisotopic (exact) mass is 470 g/mol. The number of aryl methyl sites for hydroxylation is 1. The highest BCUT2D eigenvalue weighted by molar-refractivity contribution is 5.68. The predicted molar refractivity (Wildman–Crippen MR) is 136 cm³/mol. The van der Waals surface area contributed by atoms with E-state index < -0.39 is 6.10 Å². The Labute approximate surface area is 200 Å². The Morgan fingerprint density at radius 1 is 1.21 bits per heavy atom. The average Bonchev–Trinajstić information content (AvgIpc) is 2.85. The minimum atomic E-state index is -0.427. The number of nitrogens with one attached hydrogen (secondary N) is 1. The summed E-state index contributed by atoms with van der Waals surface area (Å²) in [5.41, 5.74) is 15.6. The first-order valence-corrected chi connectivity index (χ1v) is 11.2. The van der Waals surface area contributed by atoms with Crippen LogP contribution in [0.2, 0.25) is 0 Å². The van der Waals surface area contributed by atoms with Crippen LogP contribution in [0.25, 0.3) is 11.3 Å². The molecule has 7 N–H and O–H groups in total. The molecule has 3 aromatic rings. The number of anilines is 3. The molecule has 0 aliphatic carbocycles. The van der Waals surface area contributed by atoms with Gasteiger partial charge in [-0.1, -0.05) is 12.1 Å². The Kier molecular flexibility index (Phi) is 10.7. The molecule has 1 atom stereocenters. The molecule has 9 heteroatoms. The van der Waals surface area contributed by atoms with Crippen LogP contribution in [0.5, 0.6) is 0 Å². The zero-order chi connectivity index (χ0) is 25.1. The second-order valence-electron chi connectivity index (χ2n) is 7.72. The van der Waals surface area contributed by atoms with Crippen LogP contribution >= 0.6 is 0 Å². The molecule has 0 amide bonds. The fraction of sp³-hybridized carbons (Fsp3) is 0.360. The zero-order valence-electron chi connectivity index (χ0n) is 20.0. The SMILES string of the molecule is CCN(CCC(O)CN)c1ccncc1NC.Cc1cccc(F)c1-c1ccc(N)c(CO)n1. The number of nitrogen functional groups attached to an aromatic ring is 1. The summed E-state index contributed by atoms with van der Waals surface area (Å²) < 4.78 is 13.7. The number of aliphatic hydroxyl groups is 2. The van der Waals surface area contributed by atoms with Crippen molar-refractivity contribution in [2.75, 3.05) is 42.6 Å². The van der Waals surface area contributed by atoms with Crippen LogP contribution in [0.4, 0.5) is 21.5 Å². The van der Waals surface area contributed by atoms with E-state index >= 15 is 0 Å². The molecule has 0 aliphatic heterocycles. The van der Waals surface area contributed by atoms with Crippen LogP contribution in [0.3, 0.4) is 0 Å². The fourth-order valence-corrected chi connectivity index (χ4v) is 3.46. The number of pyridine rings is 2. The number of aromatic nitrogens is 2. The molecule has 0 saturated carbocycles. The van der Waals surface area contributed by atoms with Gasteiger partial charge in [-0.2, -0.15) is 0 Å². The van der Waals surface area contributed by atoms with Gasteiger partial charge in [0.25, 0.3) is 0 Å². The molecule has 0 aliphatic rings. The molecule has 0 fully saturated rings. The molecule has 0 spiro atoms. The van der Waals surface area contributed by atoms with E-state index in [1.54, 1.807) is 30.6 Å². The maximum Gasteiger partial charge on any atom is 0.132 e. The van der Waals surface area contributed by atoms with Gasteiger partial charge in [-0.15, -0.1) is 0 Å². The predicted octanol–water partition coefficient (Wildman–Crippen LogP) is 2.93. The number of nitrogens with zero attached hydrogens (tertiary/aromatic N) is 3. The zero-order valence-corrected chi connectivity index (χ0v) is 20.0. The number of nitrogens with two attached hydrogens (primary N) is 2. The van der Waals surface area contributed by atoms with Gasteiger partial charge in [0.15, 0.2) is 0 Å². The number of halogens is 1. The third-order valence-electron chi connectivity index (χ3n) is 5.43. The van der Waals surface area contributed by atoms with Gasteiger partial charge in [-0.25, -0.2) is 9.37 Å². The van der Waals surface area contributed by atoms with E-state index in [2.05, 4.69) is 27.1 Å². The summed E-state index contributed by atoms with van der Waals surface area (Å²) in [5.74, 6) is -0.328. The maximum atomic E-state index is 13.7. The number of hydrogen-bond donors (Lipinski definition) is 5. The van der Waals surface area contributed by atoms with E-state index in [-0.39, 0.29) is 12.4 Å². The van der Waals surface area contributed by atoms with Gasteiger partial charge in [0.05, 0.1) is 47.4 Å². The van der Waals surface area contributed by atoms with Crippen molar-refractivity contribution >= 4 is 17.1 Å². The first-order valence-electron chi connectivity index (χ1n) is 11.2. The lowest BCUT2D eigenvalue weighted by Crippen LogP contribution is -2.30.